The molecule has 3 aromatic rings. The van der Waals surface area contributed by atoms with Crippen LogP contribution in [0.25, 0.3) is 17.2 Å². The highest BCUT2D eigenvalue weighted by Gasteiger charge is 2.09. The van der Waals surface area contributed by atoms with E-state index in [1.54, 1.807) is 18.2 Å². The first-order chi connectivity index (χ1) is 13.6. The fourth-order valence-electron chi connectivity index (χ4n) is 3.02. The van der Waals surface area contributed by atoms with E-state index in [0.29, 0.717) is 17.2 Å². The first-order valence-corrected chi connectivity index (χ1v) is 9.73. The van der Waals surface area contributed by atoms with Crippen LogP contribution in [0, 0.1) is 5.92 Å². The van der Waals surface area contributed by atoms with Gasteiger partial charge in [0, 0.05) is 0 Å². The molecule has 3 rings (SSSR count). The van der Waals surface area contributed by atoms with E-state index in [0.717, 1.165) is 23.1 Å². The van der Waals surface area contributed by atoms with E-state index in [4.69, 9.17) is 4.74 Å². The number of benzene rings is 3. The van der Waals surface area contributed by atoms with Gasteiger partial charge in [0.2, 0.25) is 0 Å². The van der Waals surface area contributed by atoms with Gasteiger partial charge in [0.15, 0.2) is 0 Å². The van der Waals surface area contributed by atoms with Gasteiger partial charge in [0.05, 0.1) is 5.56 Å². The Balaban J connectivity index is 1.65. The molecule has 0 saturated heterocycles. The molecule has 0 aliphatic heterocycles. The zero-order valence-corrected chi connectivity index (χ0v) is 16.5. The zero-order chi connectivity index (χ0) is 19.9. The minimum Gasteiger partial charge on any atom is -0.423 e. The highest BCUT2D eigenvalue weighted by atomic mass is 16.5. The topological polar surface area (TPSA) is 26.3 Å². The summed E-state index contributed by atoms with van der Waals surface area (Å²) in [4.78, 5) is 12.3. The van der Waals surface area contributed by atoms with Crippen molar-refractivity contribution in [2.24, 2.45) is 5.92 Å². The Bertz CT molecular complexity index is 920. The second kappa shape index (κ2) is 9.18. The van der Waals surface area contributed by atoms with Crippen LogP contribution in [0.2, 0.25) is 0 Å². The monoisotopic (exact) mass is 370 g/mol. The van der Waals surface area contributed by atoms with Crippen LogP contribution in [0.4, 0.5) is 0 Å². The quantitative estimate of drug-likeness (QED) is 0.337. The lowest BCUT2D eigenvalue weighted by Crippen LogP contribution is -2.08. The van der Waals surface area contributed by atoms with Crippen molar-refractivity contribution in [3.05, 3.63) is 96.1 Å². The second-order valence-electron chi connectivity index (χ2n) is 7.15. The van der Waals surface area contributed by atoms with Crippen LogP contribution in [0.5, 0.6) is 5.75 Å². The third-order valence-electron chi connectivity index (χ3n) is 5.02. The molecule has 2 heteroatoms. The van der Waals surface area contributed by atoms with Gasteiger partial charge in [0.25, 0.3) is 0 Å². The smallest absolute Gasteiger partial charge is 0.343 e. The maximum atomic E-state index is 12.3. The van der Waals surface area contributed by atoms with Crippen molar-refractivity contribution >= 4 is 12.0 Å². The molecule has 0 saturated carbocycles. The Hall–Kier alpha value is -3.13. The van der Waals surface area contributed by atoms with Gasteiger partial charge in [-0.1, -0.05) is 81.5 Å². The number of rotatable bonds is 7. The summed E-state index contributed by atoms with van der Waals surface area (Å²) in [6.07, 6.45) is 4.05. The lowest BCUT2D eigenvalue weighted by atomic mass is 9.97. The van der Waals surface area contributed by atoms with E-state index in [2.05, 4.69) is 44.7 Å². The number of hydrogen-bond donors (Lipinski definition) is 0. The first kappa shape index (κ1) is 19.6. The third kappa shape index (κ3) is 4.98. The first-order valence-electron chi connectivity index (χ1n) is 9.73. The maximum absolute atomic E-state index is 12.3. The maximum Gasteiger partial charge on any atom is 0.343 e. The summed E-state index contributed by atoms with van der Waals surface area (Å²) in [5.41, 5.74) is 5.12. The van der Waals surface area contributed by atoms with Crippen molar-refractivity contribution in [1.29, 1.82) is 0 Å². The Labute approximate surface area is 167 Å². The molecule has 0 aromatic heterocycles. The van der Waals surface area contributed by atoms with Crippen molar-refractivity contribution < 1.29 is 9.53 Å². The SMILES string of the molecule is C=Cc1ccc(C(=O)Oc2ccc(-c3ccc(CC(C)CC)cc3)cc2)cc1. The van der Waals surface area contributed by atoms with E-state index in [1.807, 2.05) is 36.4 Å². The van der Waals surface area contributed by atoms with Crippen molar-refractivity contribution in [3.63, 3.8) is 0 Å². The van der Waals surface area contributed by atoms with E-state index >= 15 is 0 Å². The molecule has 1 atom stereocenters. The van der Waals surface area contributed by atoms with Crippen LogP contribution >= 0.6 is 0 Å². The van der Waals surface area contributed by atoms with Gasteiger partial charge in [-0.3, -0.25) is 0 Å². The van der Waals surface area contributed by atoms with Crippen LogP contribution in [0.3, 0.4) is 0 Å². The van der Waals surface area contributed by atoms with Gasteiger partial charge >= 0.3 is 5.97 Å². The molecular weight excluding hydrogens is 344 g/mol. The summed E-state index contributed by atoms with van der Waals surface area (Å²) in [6.45, 7) is 8.22. The molecule has 3 aromatic carbocycles. The third-order valence-corrected chi connectivity index (χ3v) is 5.02. The zero-order valence-electron chi connectivity index (χ0n) is 16.5. The fourth-order valence-corrected chi connectivity index (χ4v) is 3.02. The Kier molecular flexibility index (Phi) is 6.44. The van der Waals surface area contributed by atoms with E-state index in [-0.39, 0.29) is 5.97 Å². The molecule has 28 heavy (non-hydrogen) atoms. The minimum atomic E-state index is -0.363. The van der Waals surface area contributed by atoms with Crippen LogP contribution in [-0.4, -0.2) is 5.97 Å². The van der Waals surface area contributed by atoms with Gasteiger partial charge in [-0.15, -0.1) is 0 Å². The Morgan fingerprint density at radius 3 is 2.04 bits per heavy atom. The van der Waals surface area contributed by atoms with Crippen molar-refractivity contribution in [1.82, 2.24) is 0 Å². The van der Waals surface area contributed by atoms with Gasteiger partial charge in [0.1, 0.15) is 5.75 Å². The molecule has 142 valence electrons. The number of ether oxygens (including phenoxy) is 1. The summed E-state index contributed by atoms with van der Waals surface area (Å²) in [5.74, 6) is 0.875. The van der Waals surface area contributed by atoms with Crippen molar-refractivity contribution in [3.8, 4) is 16.9 Å². The van der Waals surface area contributed by atoms with E-state index in [9.17, 15) is 4.79 Å². The Morgan fingerprint density at radius 1 is 0.929 bits per heavy atom. The van der Waals surface area contributed by atoms with Crippen LogP contribution in [0.1, 0.15) is 41.8 Å². The fraction of sp³-hybridized carbons (Fsp3) is 0.192. The summed E-state index contributed by atoms with van der Waals surface area (Å²) in [7, 11) is 0. The van der Waals surface area contributed by atoms with E-state index < -0.39 is 0 Å². The molecule has 0 fully saturated rings. The summed E-state index contributed by atoms with van der Waals surface area (Å²) in [5, 5.41) is 0. The number of carbonyl (C=O) groups excluding carboxylic acids is 1. The second-order valence-corrected chi connectivity index (χ2v) is 7.15. The highest BCUT2D eigenvalue weighted by Crippen LogP contribution is 2.24. The summed E-state index contributed by atoms with van der Waals surface area (Å²) >= 11 is 0. The lowest BCUT2D eigenvalue weighted by molar-refractivity contribution is 0.0735. The van der Waals surface area contributed by atoms with Crippen LogP contribution < -0.4 is 4.74 Å². The van der Waals surface area contributed by atoms with Crippen molar-refractivity contribution in [2.45, 2.75) is 26.7 Å². The number of esters is 1. The number of hydrogen-bond acceptors (Lipinski definition) is 2. The van der Waals surface area contributed by atoms with Gasteiger partial charge in [-0.25, -0.2) is 4.79 Å². The van der Waals surface area contributed by atoms with Gasteiger partial charge in [-0.2, -0.15) is 0 Å². The molecule has 0 bridgehead atoms. The average Bonchev–Trinajstić information content (AvgIpc) is 2.75. The molecule has 0 heterocycles. The normalized spacial score (nSPS) is 11.6. The largest absolute Gasteiger partial charge is 0.423 e. The molecule has 0 N–H and O–H groups in total. The predicted molar refractivity (Wildman–Crippen MR) is 117 cm³/mol. The van der Waals surface area contributed by atoms with Crippen LogP contribution in [-0.2, 0) is 6.42 Å². The molecule has 0 aliphatic carbocycles. The molecule has 0 amide bonds. The average molecular weight is 370 g/mol. The molecule has 2 nitrogen and oxygen atoms in total. The van der Waals surface area contributed by atoms with Crippen LogP contribution in [0.15, 0.2) is 79.4 Å². The van der Waals surface area contributed by atoms with Gasteiger partial charge in [-0.05, 0) is 58.9 Å². The summed E-state index contributed by atoms with van der Waals surface area (Å²) in [6, 6.07) is 23.5. The molecular formula is C26H26O2. The molecule has 0 spiro atoms. The minimum absolute atomic E-state index is 0.363. The molecule has 1 unspecified atom stereocenters. The molecule has 0 aliphatic rings. The van der Waals surface area contributed by atoms with E-state index in [1.165, 1.54) is 12.0 Å². The van der Waals surface area contributed by atoms with Crippen molar-refractivity contribution in [2.75, 3.05) is 0 Å². The van der Waals surface area contributed by atoms with Gasteiger partial charge < -0.3 is 4.74 Å². The number of carbonyl (C=O) groups is 1. The standard InChI is InChI=1S/C26H26O2/c1-4-19(3)18-21-8-10-22(11-9-21)23-14-16-25(17-15-23)28-26(27)24-12-6-20(5-2)7-13-24/h5-17,19H,2,4,18H2,1,3H3. The summed E-state index contributed by atoms with van der Waals surface area (Å²) < 4.78 is 5.48. The predicted octanol–water partition coefficient (Wildman–Crippen LogP) is 6.80. The molecule has 0 radical (unpaired) electrons. The highest BCUT2D eigenvalue weighted by molar-refractivity contribution is 5.91. The Morgan fingerprint density at radius 2 is 1.50 bits per heavy atom. The lowest BCUT2D eigenvalue weighted by Gasteiger charge is -2.10.